The maximum Gasteiger partial charge on any atom is 0.138 e. The van der Waals surface area contributed by atoms with Crippen LogP contribution in [-0.2, 0) is 0 Å². The third-order valence-corrected chi connectivity index (χ3v) is 3.24. The van der Waals surface area contributed by atoms with Crippen LogP contribution in [-0.4, -0.2) is 26.2 Å². The number of benzene rings is 1. The van der Waals surface area contributed by atoms with Crippen molar-refractivity contribution in [3.8, 4) is 5.75 Å². The summed E-state index contributed by atoms with van der Waals surface area (Å²) in [5.41, 5.74) is 1.28. The van der Waals surface area contributed by atoms with Crippen molar-refractivity contribution in [1.29, 1.82) is 0 Å². The normalized spacial score (nSPS) is 16.5. The largest absolute Gasteiger partial charge is 0.415 e. The van der Waals surface area contributed by atoms with Crippen LogP contribution in [0.4, 0.5) is 5.69 Å². The molecule has 0 aliphatic carbocycles. The Morgan fingerprint density at radius 1 is 1.20 bits per heavy atom. The molecule has 1 aliphatic heterocycles. The summed E-state index contributed by atoms with van der Waals surface area (Å²) in [6.45, 7) is 4.31. The Balaban J connectivity index is 2.02. The minimum atomic E-state index is 0.910. The van der Waals surface area contributed by atoms with Crippen molar-refractivity contribution >= 4 is 36.1 Å². The molecular weight excluding hydrogens is 323 g/mol. The highest BCUT2D eigenvalue weighted by molar-refractivity contribution is 14.2. The van der Waals surface area contributed by atoms with E-state index in [-0.39, 0.29) is 0 Å². The van der Waals surface area contributed by atoms with Crippen molar-refractivity contribution < 1.29 is 4.18 Å². The minimum Gasteiger partial charge on any atom is -0.415 e. The minimum absolute atomic E-state index is 0.910. The highest BCUT2D eigenvalue weighted by Crippen LogP contribution is 2.24. The highest BCUT2D eigenvalue weighted by atomic mass is 127. The second kappa shape index (κ2) is 5.81. The van der Waals surface area contributed by atoms with Gasteiger partial charge in [0.25, 0.3) is 0 Å². The van der Waals surface area contributed by atoms with E-state index in [4.69, 9.17) is 4.18 Å². The predicted octanol–water partition coefficient (Wildman–Crippen LogP) is 2.47. The van der Waals surface area contributed by atoms with Gasteiger partial charge in [0.05, 0.1) is 0 Å². The predicted molar refractivity (Wildman–Crippen MR) is 73.8 cm³/mol. The van der Waals surface area contributed by atoms with E-state index in [9.17, 15) is 0 Å². The number of anilines is 1. The Labute approximate surface area is 106 Å². The molecule has 0 aromatic heterocycles. The lowest BCUT2D eigenvalue weighted by molar-refractivity contribution is 0.588. The van der Waals surface area contributed by atoms with Crippen molar-refractivity contribution in [2.24, 2.45) is 0 Å². The van der Waals surface area contributed by atoms with Crippen molar-refractivity contribution in [2.75, 3.05) is 31.1 Å². The summed E-state index contributed by atoms with van der Waals surface area (Å²) in [7, 11) is 1.34. The van der Waals surface area contributed by atoms with E-state index in [1.54, 1.807) is 0 Å². The van der Waals surface area contributed by atoms with E-state index in [1.807, 2.05) is 12.1 Å². The van der Waals surface area contributed by atoms with Gasteiger partial charge in [-0.15, -0.1) is 0 Å². The van der Waals surface area contributed by atoms with Gasteiger partial charge in [0.15, 0.2) is 0 Å². The lowest BCUT2D eigenvalue weighted by atomic mass is 10.2. The molecule has 1 aliphatic rings. The van der Waals surface area contributed by atoms with E-state index < -0.39 is 0 Å². The Morgan fingerprint density at radius 2 is 1.87 bits per heavy atom. The highest BCUT2D eigenvalue weighted by Gasteiger charge is 2.09. The van der Waals surface area contributed by atoms with E-state index in [0.29, 0.717) is 0 Å². The zero-order valence-corrected chi connectivity index (χ0v) is 11.3. The van der Waals surface area contributed by atoms with E-state index >= 15 is 0 Å². The number of piperazine rings is 1. The first-order chi connectivity index (χ1) is 7.40. The lowest BCUT2D eigenvalue weighted by Crippen LogP contribution is -2.43. The molecule has 0 unspecified atom stereocenters. The molecular formula is C10H13IN2OS. The van der Waals surface area contributed by atoms with Crippen molar-refractivity contribution in [2.45, 2.75) is 0 Å². The number of nitrogens with one attached hydrogen (secondary N) is 1. The van der Waals surface area contributed by atoms with Gasteiger partial charge in [-0.1, -0.05) is 0 Å². The summed E-state index contributed by atoms with van der Waals surface area (Å²) in [5, 5.41) is 3.35. The molecule has 5 heteroatoms. The second-order valence-electron chi connectivity index (χ2n) is 3.38. The summed E-state index contributed by atoms with van der Waals surface area (Å²) in [6, 6.07) is 8.27. The van der Waals surface area contributed by atoms with Crippen LogP contribution in [0.1, 0.15) is 0 Å². The third kappa shape index (κ3) is 3.15. The Kier molecular flexibility index (Phi) is 4.40. The SMILES string of the molecule is ISOc1ccc(N2CCNCC2)cc1. The van der Waals surface area contributed by atoms with Gasteiger partial charge in [-0.3, -0.25) is 0 Å². The number of nitrogens with zero attached hydrogens (tertiary/aromatic N) is 1. The van der Waals surface area contributed by atoms with Crippen molar-refractivity contribution in [3.05, 3.63) is 24.3 Å². The Bertz CT molecular complexity index is 301. The topological polar surface area (TPSA) is 24.5 Å². The van der Waals surface area contributed by atoms with E-state index in [0.717, 1.165) is 31.9 Å². The molecule has 0 amide bonds. The van der Waals surface area contributed by atoms with Crippen molar-refractivity contribution in [3.63, 3.8) is 0 Å². The molecule has 2 rings (SSSR count). The Hall–Kier alpha value is -0.140. The van der Waals surface area contributed by atoms with Crippen LogP contribution in [0.2, 0.25) is 0 Å². The standard InChI is InChI=1S/C10H13IN2OS/c11-15-14-10-3-1-9(2-4-10)13-7-5-12-6-8-13/h1-4,12H,5-8H2. The molecule has 0 bridgehead atoms. The molecule has 0 radical (unpaired) electrons. The summed E-state index contributed by atoms with van der Waals surface area (Å²) in [6.07, 6.45) is 0. The second-order valence-corrected chi connectivity index (χ2v) is 4.75. The fourth-order valence-electron chi connectivity index (χ4n) is 1.67. The van der Waals surface area contributed by atoms with Gasteiger partial charge in [0.2, 0.25) is 0 Å². The molecule has 3 nitrogen and oxygen atoms in total. The molecule has 1 heterocycles. The number of halogens is 1. The van der Waals surface area contributed by atoms with Gasteiger partial charge >= 0.3 is 0 Å². The van der Waals surface area contributed by atoms with Crippen LogP contribution in [0.15, 0.2) is 24.3 Å². The van der Waals surface area contributed by atoms with Gasteiger partial charge < -0.3 is 14.4 Å². The molecule has 0 spiro atoms. The summed E-state index contributed by atoms with van der Waals surface area (Å²) >= 11 is 2.12. The van der Waals surface area contributed by atoms with Gasteiger partial charge in [0, 0.05) is 53.1 Å². The average Bonchev–Trinajstić information content (AvgIpc) is 2.32. The average molecular weight is 336 g/mol. The van der Waals surface area contributed by atoms with Crippen molar-refractivity contribution in [1.82, 2.24) is 5.32 Å². The van der Waals surface area contributed by atoms with Gasteiger partial charge in [-0.25, -0.2) is 0 Å². The first-order valence-electron chi connectivity index (χ1n) is 4.91. The molecule has 82 valence electrons. The lowest BCUT2D eigenvalue weighted by Gasteiger charge is -2.29. The van der Waals surface area contributed by atoms with Gasteiger partial charge in [-0.2, -0.15) is 0 Å². The van der Waals surface area contributed by atoms with Crippen LogP contribution in [0, 0.1) is 0 Å². The molecule has 1 aromatic carbocycles. The maximum atomic E-state index is 5.32. The molecule has 1 aromatic rings. The fraction of sp³-hybridized carbons (Fsp3) is 0.400. The van der Waals surface area contributed by atoms with Gasteiger partial charge in [-0.05, 0) is 24.3 Å². The summed E-state index contributed by atoms with van der Waals surface area (Å²) in [4.78, 5) is 2.39. The zero-order chi connectivity index (χ0) is 10.5. The fourth-order valence-corrected chi connectivity index (χ4v) is 2.48. The molecule has 0 atom stereocenters. The zero-order valence-electron chi connectivity index (χ0n) is 8.28. The van der Waals surface area contributed by atoms with E-state index in [2.05, 4.69) is 43.6 Å². The smallest absolute Gasteiger partial charge is 0.138 e. The third-order valence-electron chi connectivity index (χ3n) is 2.45. The number of hydrogen-bond acceptors (Lipinski definition) is 4. The van der Waals surface area contributed by atoms with Crippen LogP contribution in [0.3, 0.4) is 0 Å². The van der Waals surface area contributed by atoms with Crippen LogP contribution >= 0.6 is 30.4 Å². The van der Waals surface area contributed by atoms with Crippen LogP contribution < -0.4 is 14.4 Å². The Morgan fingerprint density at radius 3 is 2.47 bits per heavy atom. The molecule has 1 saturated heterocycles. The molecule has 15 heavy (non-hydrogen) atoms. The molecule has 1 N–H and O–H groups in total. The van der Waals surface area contributed by atoms with Crippen LogP contribution in [0.25, 0.3) is 0 Å². The quantitative estimate of drug-likeness (QED) is 0.677. The maximum absolute atomic E-state index is 5.32. The number of hydrogen-bond donors (Lipinski definition) is 1. The van der Waals surface area contributed by atoms with Crippen LogP contribution in [0.5, 0.6) is 5.75 Å². The van der Waals surface area contributed by atoms with Gasteiger partial charge in [0.1, 0.15) is 15.0 Å². The molecule has 1 fully saturated rings. The van der Waals surface area contributed by atoms with E-state index in [1.165, 1.54) is 14.9 Å². The summed E-state index contributed by atoms with van der Waals surface area (Å²) < 4.78 is 5.32. The monoisotopic (exact) mass is 336 g/mol. The molecule has 0 saturated carbocycles. The summed E-state index contributed by atoms with van der Waals surface area (Å²) in [5.74, 6) is 0.910. The number of rotatable bonds is 3. The first kappa shape index (κ1) is 11.3. The first-order valence-corrected chi connectivity index (χ1v) is 8.19.